The first-order valence-electron chi connectivity index (χ1n) is 8.86. The normalized spacial score (nSPS) is 11.1. The molecule has 0 atom stereocenters. The van der Waals surface area contributed by atoms with Crippen LogP contribution in [0.3, 0.4) is 0 Å². The summed E-state index contributed by atoms with van der Waals surface area (Å²) < 4.78 is 7.36. The topological polar surface area (TPSA) is 67.4 Å². The largest absolute Gasteiger partial charge is 0.478 e. The third-order valence-corrected chi connectivity index (χ3v) is 5.02. The molecule has 0 spiro atoms. The highest BCUT2D eigenvalue weighted by atomic mass is 35.5. The van der Waals surface area contributed by atoms with Crippen molar-refractivity contribution in [3.05, 3.63) is 81.5 Å². The second-order valence-electron chi connectivity index (χ2n) is 6.55. The van der Waals surface area contributed by atoms with Crippen molar-refractivity contribution >= 4 is 17.6 Å². The van der Waals surface area contributed by atoms with E-state index in [2.05, 4.69) is 5.32 Å². The van der Waals surface area contributed by atoms with Gasteiger partial charge in [0.2, 0.25) is 0 Å². The van der Waals surface area contributed by atoms with Crippen LogP contribution in [0.5, 0.6) is 0 Å². The molecule has 2 aromatic heterocycles. The highest BCUT2D eigenvalue weighted by Gasteiger charge is 2.22. The van der Waals surface area contributed by atoms with Crippen LogP contribution in [0.1, 0.15) is 38.6 Å². The van der Waals surface area contributed by atoms with E-state index in [-0.39, 0.29) is 0 Å². The van der Waals surface area contributed by atoms with Gasteiger partial charge in [0.15, 0.2) is 0 Å². The second-order valence-corrected chi connectivity index (χ2v) is 6.99. The first-order valence-corrected chi connectivity index (χ1v) is 9.24. The quantitative estimate of drug-likeness (QED) is 0.562. The minimum Gasteiger partial charge on any atom is -0.478 e. The highest BCUT2D eigenvalue weighted by molar-refractivity contribution is 6.30. The lowest BCUT2D eigenvalue weighted by Crippen LogP contribution is -2.18. The van der Waals surface area contributed by atoms with E-state index in [1.165, 1.54) is 0 Å². The van der Waals surface area contributed by atoms with Crippen LogP contribution >= 0.6 is 11.6 Å². The summed E-state index contributed by atoms with van der Waals surface area (Å²) in [7, 11) is 0. The summed E-state index contributed by atoms with van der Waals surface area (Å²) >= 11 is 6.08. The smallest absolute Gasteiger partial charge is 0.337 e. The Hall–Kier alpha value is -2.50. The average molecular weight is 387 g/mol. The zero-order chi connectivity index (χ0) is 19.4. The fourth-order valence-corrected chi connectivity index (χ4v) is 3.60. The number of furan rings is 1. The predicted molar refractivity (Wildman–Crippen MR) is 106 cm³/mol. The van der Waals surface area contributed by atoms with Crippen molar-refractivity contribution in [2.24, 2.45) is 0 Å². The molecule has 2 N–H and O–H groups in total. The Balaban J connectivity index is 1.79. The predicted octanol–water partition coefficient (Wildman–Crippen LogP) is 4.43. The van der Waals surface area contributed by atoms with E-state index >= 15 is 0 Å². The van der Waals surface area contributed by atoms with Gasteiger partial charge in [-0.2, -0.15) is 0 Å². The monoisotopic (exact) mass is 386 g/mol. The second kappa shape index (κ2) is 8.46. The first-order chi connectivity index (χ1) is 13.0. The molecule has 2 heterocycles. The zero-order valence-corrected chi connectivity index (χ0v) is 16.2. The van der Waals surface area contributed by atoms with Crippen molar-refractivity contribution in [3.8, 4) is 0 Å². The van der Waals surface area contributed by atoms with Crippen LogP contribution in [0.2, 0.25) is 5.02 Å². The Morgan fingerprint density at radius 2 is 2.04 bits per heavy atom. The van der Waals surface area contributed by atoms with Gasteiger partial charge in [-0.05, 0) is 43.7 Å². The van der Waals surface area contributed by atoms with Crippen molar-refractivity contribution in [2.75, 3.05) is 6.54 Å². The Bertz CT molecular complexity index is 929. The molecule has 142 valence electrons. The van der Waals surface area contributed by atoms with Crippen molar-refractivity contribution in [1.29, 1.82) is 0 Å². The number of carboxylic acids is 1. The Morgan fingerprint density at radius 1 is 1.22 bits per heavy atom. The van der Waals surface area contributed by atoms with Crippen molar-refractivity contribution in [3.63, 3.8) is 0 Å². The number of carbonyl (C=O) groups is 1. The minimum atomic E-state index is -0.900. The van der Waals surface area contributed by atoms with Crippen molar-refractivity contribution < 1.29 is 14.3 Å². The van der Waals surface area contributed by atoms with Crippen LogP contribution in [0.4, 0.5) is 0 Å². The number of halogens is 1. The third-order valence-electron chi connectivity index (χ3n) is 4.78. The van der Waals surface area contributed by atoms with E-state index in [0.717, 1.165) is 34.7 Å². The molecule has 27 heavy (non-hydrogen) atoms. The van der Waals surface area contributed by atoms with Crippen LogP contribution in [0.25, 0.3) is 0 Å². The summed E-state index contributed by atoms with van der Waals surface area (Å²) in [6.07, 6.45) is 2.41. The average Bonchev–Trinajstić information content (AvgIpc) is 3.21. The standard InChI is InChI=1S/C21H23ClN2O3/c1-14-19(12-23-9-8-18-7-4-10-27-18)20(21(25)26)15(2)24(14)13-16-5-3-6-17(22)11-16/h3-7,10-11,23H,8-9,12-13H2,1-2H3,(H,25,26). The summed E-state index contributed by atoms with van der Waals surface area (Å²) in [4.78, 5) is 11.9. The molecule has 0 saturated carbocycles. The van der Waals surface area contributed by atoms with E-state index in [0.29, 0.717) is 30.2 Å². The minimum absolute atomic E-state index is 0.375. The number of hydrogen-bond donors (Lipinski definition) is 2. The molecule has 6 heteroatoms. The van der Waals surface area contributed by atoms with Gasteiger partial charge in [0.05, 0.1) is 11.8 Å². The number of aromatic carboxylic acids is 1. The number of hydrogen-bond acceptors (Lipinski definition) is 3. The molecule has 0 aliphatic rings. The summed E-state index contributed by atoms with van der Waals surface area (Å²) in [5.74, 6) is 0.00988. The highest BCUT2D eigenvalue weighted by Crippen LogP contribution is 2.24. The number of rotatable bonds is 8. The molecule has 0 unspecified atom stereocenters. The number of carboxylic acid groups (broad SMARTS) is 1. The van der Waals surface area contributed by atoms with Gasteiger partial charge >= 0.3 is 5.97 Å². The molecule has 0 saturated heterocycles. The zero-order valence-electron chi connectivity index (χ0n) is 15.5. The molecule has 3 aromatic rings. The van der Waals surface area contributed by atoms with Gasteiger partial charge in [-0.1, -0.05) is 23.7 Å². The van der Waals surface area contributed by atoms with Crippen LogP contribution in [-0.4, -0.2) is 22.2 Å². The molecule has 1 aromatic carbocycles. The van der Waals surface area contributed by atoms with Crippen molar-refractivity contribution in [2.45, 2.75) is 33.4 Å². The molecular weight excluding hydrogens is 364 g/mol. The van der Waals surface area contributed by atoms with E-state index < -0.39 is 5.97 Å². The van der Waals surface area contributed by atoms with Gasteiger partial charge in [-0.25, -0.2) is 4.79 Å². The SMILES string of the molecule is Cc1c(CNCCc2ccco2)c(C(=O)O)c(C)n1Cc1cccc(Cl)c1. The van der Waals surface area contributed by atoms with Crippen LogP contribution in [-0.2, 0) is 19.5 Å². The summed E-state index contributed by atoms with van der Waals surface area (Å²) in [5, 5.41) is 13.7. The number of nitrogens with zero attached hydrogens (tertiary/aromatic N) is 1. The maximum atomic E-state index is 11.9. The Morgan fingerprint density at radius 3 is 2.70 bits per heavy atom. The lowest BCUT2D eigenvalue weighted by molar-refractivity contribution is 0.0694. The molecule has 0 aliphatic heterocycles. The molecule has 0 aliphatic carbocycles. The van der Waals surface area contributed by atoms with Gasteiger partial charge in [0.25, 0.3) is 0 Å². The molecule has 3 rings (SSSR count). The van der Waals surface area contributed by atoms with E-state index in [1.54, 1.807) is 6.26 Å². The molecule has 0 bridgehead atoms. The maximum absolute atomic E-state index is 11.9. The molecule has 5 nitrogen and oxygen atoms in total. The van der Waals surface area contributed by atoms with Gasteiger partial charge in [-0.3, -0.25) is 0 Å². The van der Waals surface area contributed by atoms with Crippen LogP contribution in [0.15, 0.2) is 47.1 Å². The summed E-state index contributed by atoms with van der Waals surface area (Å²) in [6.45, 7) is 5.62. The maximum Gasteiger partial charge on any atom is 0.337 e. The fraction of sp³-hybridized carbons (Fsp3) is 0.286. The van der Waals surface area contributed by atoms with E-state index in [9.17, 15) is 9.90 Å². The van der Waals surface area contributed by atoms with Gasteiger partial charge in [-0.15, -0.1) is 0 Å². The van der Waals surface area contributed by atoms with E-state index in [4.69, 9.17) is 16.0 Å². The number of aromatic nitrogens is 1. The van der Waals surface area contributed by atoms with E-state index in [1.807, 2.05) is 54.8 Å². The van der Waals surface area contributed by atoms with Crippen LogP contribution in [0, 0.1) is 13.8 Å². The van der Waals surface area contributed by atoms with Gasteiger partial charge < -0.3 is 19.4 Å². The number of nitrogens with one attached hydrogen (secondary N) is 1. The van der Waals surface area contributed by atoms with Gasteiger partial charge in [0.1, 0.15) is 5.76 Å². The third kappa shape index (κ3) is 4.43. The van der Waals surface area contributed by atoms with Crippen molar-refractivity contribution in [1.82, 2.24) is 9.88 Å². The lowest BCUT2D eigenvalue weighted by atomic mass is 10.1. The molecular formula is C21H23ClN2O3. The van der Waals surface area contributed by atoms with Gasteiger partial charge in [0, 0.05) is 48.0 Å². The Kier molecular flexibility index (Phi) is 6.04. The Labute approximate surface area is 163 Å². The number of benzene rings is 1. The lowest BCUT2D eigenvalue weighted by Gasteiger charge is -2.10. The first kappa shape index (κ1) is 19.3. The molecule has 0 amide bonds. The fourth-order valence-electron chi connectivity index (χ4n) is 3.38. The summed E-state index contributed by atoms with van der Waals surface area (Å²) in [5.41, 5.74) is 3.94. The summed E-state index contributed by atoms with van der Waals surface area (Å²) in [6, 6.07) is 11.4. The molecule has 0 radical (unpaired) electrons. The molecule has 0 fully saturated rings. The van der Waals surface area contributed by atoms with Crippen LogP contribution < -0.4 is 5.32 Å².